The molecule has 1 unspecified atom stereocenters. The molecule has 76 valence electrons. The lowest BCUT2D eigenvalue weighted by atomic mass is 10.2. The maximum Gasteiger partial charge on any atom is 0.189 e. The van der Waals surface area contributed by atoms with Crippen LogP contribution >= 0.6 is 0 Å². The summed E-state index contributed by atoms with van der Waals surface area (Å²) in [5.41, 5.74) is 6.24. The van der Waals surface area contributed by atoms with Crippen LogP contribution in [-0.4, -0.2) is 22.0 Å². The van der Waals surface area contributed by atoms with Gasteiger partial charge in [0.2, 0.25) is 0 Å². The fourth-order valence-electron chi connectivity index (χ4n) is 1.41. The molecule has 0 amide bonds. The molecule has 0 bridgehead atoms. The minimum Gasteiger partial charge on any atom is -0.420 e. The lowest BCUT2D eigenvalue weighted by molar-refractivity contribution is 0.384. The predicted octanol–water partition coefficient (Wildman–Crippen LogP) is 2.13. The van der Waals surface area contributed by atoms with Crippen molar-refractivity contribution in [3.8, 4) is 0 Å². The molecule has 0 aromatic carbocycles. The molecule has 0 spiro atoms. The monoisotopic (exact) mass is 192 g/mol. The molecular weight excluding hydrogens is 168 g/mol. The molecule has 0 rings (SSSR count). The Morgan fingerprint density at radius 1 is 1.42 bits per heavy atom. The van der Waals surface area contributed by atoms with Crippen LogP contribution in [0.1, 0.15) is 19.8 Å². The minimum atomic E-state index is -1.41. The van der Waals surface area contributed by atoms with Gasteiger partial charge in [0.1, 0.15) is 0 Å². The second-order valence-corrected chi connectivity index (χ2v) is 7.92. The van der Waals surface area contributed by atoms with E-state index in [2.05, 4.69) is 20.0 Å². The van der Waals surface area contributed by atoms with E-state index < -0.39 is 8.32 Å². The first-order chi connectivity index (χ1) is 5.08. The number of rotatable bonds is 5. The van der Waals surface area contributed by atoms with E-state index in [1.54, 1.807) is 0 Å². The highest BCUT2D eigenvalue weighted by Crippen LogP contribution is 2.28. The van der Waals surface area contributed by atoms with Gasteiger partial charge in [-0.3, -0.25) is 0 Å². The Morgan fingerprint density at radius 3 is 2.17 bits per heavy atom. The van der Waals surface area contributed by atoms with Gasteiger partial charge in [-0.15, -0.1) is 0 Å². The first-order valence-electron chi connectivity index (χ1n) is 4.33. The molecule has 0 aromatic rings. The number of hydrogen-bond donors (Lipinski definition) is 2. The van der Waals surface area contributed by atoms with Gasteiger partial charge >= 0.3 is 0 Å². The van der Waals surface area contributed by atoms with Crippen molar-refractivity contribution in [2.75, 3.05) is 13.7 Å². The molecule has 0 fully saturated rings. The van der Waals surface area contributed by atoms with E-state index in [9.17, 15) is 0 Å². The van der Waals surface area contributed by atoms with Crippen LogP contribution in [0.3, 0.4) is 0 Å². The summed E-state index contributed by atoms with van der Waals surface area (Å²) in [6.45, 7) is 7.53. The van der Waals surface area contributed by atoms with E-state index in [0.29, 0.717) is 0 Å². The Morgan fingerprint density at radius 2 is 1.92 bits per heavy atom. The van der Waals surface area contributed by atoms with Crippen LogP contribution in [-0.2, 0) is 4.43 Å². The maximum atomic E-state index is 5.53. The van der Waals surface area contributed by atoms with E-state index in [4.69, 9.17) is 10.2 Å². The Hall–Kier alpha value is 0.0969. The van der Waals surface area contributed by atoms with Gasteiger partial charge in [0.15, 0.2) is 8.32 Å². The average Bonchev–Trinajstić information content (AvgIpc) is 2.00. The van der Waals surface area contributed by atoms with Crippen LogP contribution in [0, 0.1) is 0 Å². The zero-order valence-corrected chi connectivity index (χ0v) is 9.89. The van der Waals surface area contributed by atoms with Crippen molar-refractivity contribution in [1.82, 2.24) is 6.15 Å². The van der Waals surface area contributed by atoms with Gasteiger partial charge in [-0.2, -0.15) is 0 Å². The molecular formula is C8H24N2OSi. The molecule has 12 heavy (non-hydrogen) atoms. The number of hydrogen-bond acceptors (Lipinski definition) is 3. The first kappa shape index (κ1) is 14.6. The predicted molar refractivity (Wildman–Crippen MR) is 57.2 cm³/mol. The van der Waals surface area contributed by atoms with E-state index in [1.165, 1.54) is 6.42 Å². The van der Waals surface area contributed by atoms with Crippen LogP contribution < -0.4 is 11.9 Å². The van der Waals surface area contributed by atoms with Gasteiger partial charge in [0, 0.05) is 7.11 Å². The third kappa shape index (κ3) is 4.20. The van der Waals surface area contributed by atoms with Crippen molar-refractivity contribution >= 4 is 8.32 Å². The quantitative estimate of drug-likeness (QED) is 0.656. The summed E-state index contributed by atoms with van der Waals surface area (Å²) in [5.74, 6) is 0. The zero-order valence-electron chi connectivity index (χ0n) is 8.89. The van der Waals surface area contributed by atoms with Crippen molar-refractivity contribution in [2.24, 2.45) is 5.73 Å². The fraction of sp³-hybridized carbons (Fsp3) is 1.00. The molecule has 4 heteroatoms. The largest absolute Gasteiger partial charge is 0.420 e. The van der Waals surface area contributed by atoms with Gasteiger partial charge < -0.3 is 16.3 Å². The third-order valence-corrected chi connectivity index (χ3v) is 6.23. The Balaban J connectivity index is 0. The van der Waals surface area contributed by atoms with Crippen molar-refractivity contribution < 1.29 is 4.43 Å². The van der Waals surface area contributed by atoms with Crippen molar-refractivity contribution in [2.45, 2.75) is 38.4 Å². The topological polar surface area (TPSA) is 70.2 Å². The summed E-state index contributed by atoms with van der Waals surface area (Å²) in [4.78, 5) is 0. The molecule has 0 saturated heterocycles. The third-order valence-electron chi connectivity index (χ3n) is 2.52. The van der Waals surface area contributed by atoms with Gasteiger partial charge in [0.05, 0.1) is 0 Å². The molecule has 3 nitrogen and oxygen atoms in total. The summed E-state index contributed by atoms with van der Waals surface area (Å²) in [6.07, 6.45) is 2.31. The van der Waals surface area contributed by atoms with Crippen LogP contribution in [0.4, 0.5) is 0 Å². The Bertz CT molecular complexity index is 109. The summed E-state index contributed by atoms with van der Waals surface area (Å²) >= 11 is 0. The Kier molecular flexibility index (Phi) is 8.03. The minimum absolute atomic E-state index is 0. The summed E-state index contributed by atoms with van der Waals surface area (Å²) in [5, 5.41) is 0. The molecule has 0 saturated carbocycles. The van der Waals surface area contributed by atoms with Crippen LogP contribution in [0.2, 0.25) is 18.6 Å². The summed E-state index contributed by atoms with van der Waals surface area (Å²) < 4.78 is 5.53. The summed E-state index contributed by atoms with van der Waals surface area (Å²) in [6, 6.07) is 0. The standard InChI is InChI=1S/C8H21NOSi.H3N/c1-5-8(6-7-9)11(3,4)10-2;/h8H,5-7,9H2,1-4H3;1H3. The smallest absolute Gasteiger partial charge is 0.189 e. The molecule has 0 radical (unpaired) electrons. The second kappa shape index (κ2) is 6.60. The lowest BCUT2D eigenvalue weighted by Gasteiger charge is -2.29. The molecule has 0 heterocycles. The molecule has 0 aliphatic heterocycles. The molecule has 0 aliphatic rings. The Labute approximate surface area is 77.4 Å². The normalized spacial score (nSPS) is 13.8. The molecule has 5 N–H and O–H groups in total. The van der Waals surface area contributed by atoms with Crippen LogP contribution in [0.5, 0.6) is 0 Å². The lowest BCUT2D eigenvalue weighted by Crippen LogP contribution is -2.36. The van der Waals surface area contributed by atoms with Crippen molar-refractivity contribution in [3.63, 3.8) is 0 Å². The molecule has 0 aliphatic carbocycles. The average molecular weight is 192 g/mol. The fourth-order valence-corrected chi connectivity index (χ4v) is 3.59. The maximum absolute atomic E-state index is 5.53. The van der Waals surface area contributed by atoms with E-state index >= 15 is 0 Å². The van der Waals surface area contributed by atoms with Gasteiger partial charge in [0.25, 0.3) is 0 Å². The highest BCUT2D eigenvalue weighted by molar-refractivity contribution is 6.72. The van der Waals surface area contributed by atoms with Crippen LogP contribution in [0.15, 0.2) is 0 Å². The van der Waals surface area contributed by atoms with Crippen LogP contribution in [0.25, 0.3) is 0 Å². The van der Waals surface area contributed by atoms with E-state index in [0.717, 1.165) is 18.5 Å². The molecule has 1 atom stereocenters. The first-order valence-corrected chi connectivity index (χ1v) is 7.32. The van der Waals surface area contributed by atoms with Gasteiger partial charge in [-0.1, -0.05) is 13.3 Å². The summed E-state index contributed by atoms with van der Waals surface area (Å²) in [7, 11) is 0.417. The van der Waals surface area contributed by atoms with E-state index in [1.807, 2.05) is 7.11 Å². The van der Waals surface area contributed by atoms with Crippen molar-refractivity contribution in [1.29, 1.82) is 0 Å². The molecule has 0 aromatic heterocycles. The van der Waals surface area contributed by atoms with E-state index in [-0.39, 0.29) is 6.15 Å². The SMILES string of the molecule is CCC(CCN)[Si](C)(C)OC.N. The highest BCUT2D eigenvalue weighted by atomic mass is 28.4. The van der Waals surface area contributed by atoms with Gasteiger partial charge in [-0.25, -0.2) is 0 Å². The second-order valence-electron chi connectivity index (χ2n) is 3.49. The number of nitrogens with two attached hydrogens (primary N) is 1. The van der Waals surface area contributed by atoms with Gasteiger partial charge in [-0.05, 0) is 31.6 Å². The zero-order chi connectivity index (χ0) is 8.91. The highest BCUT2D eigenvalue weighted by Gasteiger charge is 2.30. The van der Waals surface area contributed by atoms with Crippen molar-refractivity contribution in [3.05, 3.63) is 0 Å².